The molecule has 0 spiro atoms. The second-order valence-corrected chi connectivity index (χ2v) is 10.2. The van der Waals surface area contributed by atoms with Gasteiger partial charge in [0.2, 0.25) is 11.8 Å². The van der Waals surface area contributed by atoms with Crippen LogP contribution in [0.3, 0.4) is 0 Å². The van der Waals surface area contributed by atoms with Gasteiger partial charge in [0, 0.05) is 56.1 Å². The molecule has 0 N–H and O–H groups in total. The van der Waals surface area contributed by atoms with Gasteiger partial charge in [-0.3, -0.25) is 9.59 Å². The van der Waals surface area contributed by atoms with E-state index in [-0.39, 0.29) is 30.3 Å². The number of likely N-dealkylation sites (tertiary alicyclic amines) is 1. The third-order valence-electron chi connectivity index (χ3n) is 7.21. The van der Waals surface area contributed by atoms with Crippen LogP contribution >= 0.6 is 11.8 Å². The molecule has 3 aliphatic heterocycles. The summed E-state index contributed by atoms with van der Waals surface area (Å²) in [6.07, 6.45) is 6.95. The highest BCUT2D eigenvalue weighted by molar-refractivity contribution is 7.98. The summed E-state index contributed by atoms with van der Waals surface area (Å²) < 4.78 is 6.69. The van der Waals surface area contributed by atoms with E-state index in [0.29, 0.717) is 53.8 Å². The molecule has 0 saturated carbocycles. The Bertz CT molecular complexity index is 1420. The lowest BCUT2D eigenvalue weighted by atomic mass is 10.1. The van der Waals surface area contributed by atoms with E-state index in [1.165, 1.54) is 16.4 Å². The first-order valence-corrected chi connectivity index (χ1v) is 13.7. The van der Waals surface area contributed by atoms with Crippen molar-refractivity contribution in [3.05, 3.63) is 46.6 Å². The number of hydrogen-bond donors (Lipinski definition) is 0. The maximum Gasteiger partial charge on any atom is 0.437 e. The third-order valence-corrected chi connectivity index (χ3v) is 7.77. The largest absolute Gasteiger partial charge is 0.437 e. The van der Waals surface area contributed by atoms with Crippen LogP contribution in [0.25, 0.3) is 11.5 Å². The molecule has 5 heterocycles. The SMILES string of the molecule is CSc1ncc2c(n1)N1CCCC1CN(c1cccc(-c3nn(CCN4CCCC4=O)c(=O)o3)c1)C2=O. The van der Waals surface area contributed by atoms with Crippen LogP contribution in [-0.4, -0.2) is 74.9 Å². The molecule has 3 aliphatic rings. The fourth-order valence-electron chi connectivity index (χ4n) is 5.32. The summed E-state index contributed by atoms with van der Waals surface area (Å²) in [6.45, 7) is 2.77. The molecule has 0 bridgehead atoms. The van der Waals surface area contributed by atoms with E-state index >= 15 is 0 Å². The Labute approximate surface area is 217 Å². The average molecular weight is 522 g/mol. The second-order valence-electron chi connectivity index (χ2n) is 9.43. The first kappa shape index (κ1) is 23.7. The number of anilines is 2. The minimum atomic E-state index is -0.574. The molecule has 3 aromatic rings. The molecule has 2 aromatic heterocycles. The van der Waals surface area contributed by atoms with Gasteiger partial charge in [0.15, 0.2) is 5.16 Å². The molecule has 1 unspecified atom stereocenters. The lowest BCUT2D eigenvalue weighted by Crippen LogP contribution is -2.39. The molecule has 0 radical (unpaired) electrons. The van der Waals surface area contributed by atoms with Gasteiger partial charge in [-0.2, -0.15) is 4.68 Å². The molecule has 2 amide bonds. The first-order valence-electron chi connectivity index (χ1n) is 12.5. The molecular weight excluding hydrogens is 494 g/mol. The number of nitrogens with zero attached hydrogens (tertiary/aromatic N) is 7. The number of hydrogen-bond acceptors (Lipinski definition) is 9. The van der Waals surface area contributed by atoms with Crippen LogP contribution in [0.2, 0.25) is 0 Å². The Morgan fingerprint density at radius 2 is 2.03 bits per heavy atom. The van der Waals surface area contributed by atoms with Gasteiger partial charge in [-0.25, -0.2) is 14.8 Å². The van der Waals surface area contributed by atoms with Gasteiger partial charge in [-0.15, -0.1) is 5.10 Å². The van der Waals surface area contributed by atoms with E-state index in [9.17, 15) is 14.4 Å². The van der Waals surface area contributed by atoms with Crippen molar-refractivity contribution < 1.29 is 14.0 Å². The number of benzene rings is 1. The summed E-state index contributed by atoms with van der Waals surface area (Å²) in [6, 6.07) is 7.47. The highest BCUT2D eigenvalue weighted by Gasteiger charge is 2.37. The van der Waals surface area contributed by atoms with Crippen molar-refractivity contribution in [3.63, 3.8) is 0 Å². The Kier molecular flexibility index (Phi) is 6.19. The number of carbonyl (C=O) groups is 2. The number of thioether (sulfide) groups is 1. The molecule has 11 nitrogen and oxygen atoms in total. The molecule has 0 aliphatic carbocycles. The summed E-state index contributed by atoms with van der Waals surface area (Å²) in [5, 5.41) is 5.01. The van der Waals surface area contributed by atoms with Gasteiger partial charge in [-0.05, 0) is 43.7 Å². The number of aromatic nitrogens is 4. The molecule has 192 valence electrons. The summed E-state index contributed by atoms with van der Waals surface area (Å²) in [4.78, 5) is 52.8. The highest BCUT2D eigenvalue weighted by Crippen LogP contribution is 2.35. The van der Waals surface area contributed by atoms with E-state index in [0.717, 1.165) is 25.8 Å². The second kappa shape index (κ2) is 9.66. The fraction of sp³-hybridized carbons (Fsp3) is 0.440. The molecule has 37 heavy (non-hydrogen) atoms. The highest BCUT2D eigenvalue weighted by atomic mass is 32.2. The summed E-state index contributed by atoms with van der Waals surface area (Å²) in [5.74, 6) is 0.250. The van der Waals surface area contributed by atoms with Crippen LogP contribution in [0, 0.1) is 0 Å². The van der Waals surface area contributed by atoms with Crippen LogP contribution in [0.15, 0.2) is 44.8 Å². The quantitative estimate of drug-likeness (QED) is 0.356. The van der Waals surface area contributed by atoms with Crippen LogP contribution in [0.5, 0.6) is 0 Å². The third kappa shape index (κ3) is 4.39. The van der Waals surface area contributed by atoms with Crippen molar-refractivity contribution >= 4 is 35.1 Å². The molecule has 6 rings (SSSR count). The van der Waals surface area contributed by atoms with Gasteiger partial charge >= 0.3 is 5.76 Å². The van der Waals surface area contributed by atoms with Crippen molar-refractivity contribution in [2.45, 2.75) is 43.4 Å². The zero-order valence-corrected chi connectivity index (χ0v) is 21.3. The molecule has 2 saturated heterocycles. The van der Waals surface area contributed by atoms with Crippen LogP contribution < -0.4 is 15.6 Å². The number of rotatable bonds is 6. The molecule has 12 heteroatoms. The minimum Gasteiger partial charge on any atom is -0.388 e. The summed E-state index contributed by atoms with van der Waals surface area (Å²) >= 11 is 1.46. The Balaban J connectivity index is 1.29. The Morgan fingerprint density at radius 1 is 1.14 bits per heavy atom. The van der Waals surface area contributed by atoms with E-state index in [4.69, 9.17) is 4.42 Å². The van der Waals surface area contributed by atoms with Gasteiger partial charge in [0.1, 0.15) is 11.4 Å². The van der Waals surface area contributed by atoms with Crippen molar-refractivity contribution in [2.75, 3.05) is 42.2 Å². The monoisotopic (exact) mass is 521 g/mol. The molecule has 1 aromatic carbocycles. The van der Waals surface area contributed by atoms with Gasteiger partial charge in [0.25, 0.3) is 5.91 Å². The van der Waals surface area contributed by atoms with Crippen LogP contribution in [0.1, 0.15) is 36.0 Å². The molecule has 1 atom stereocenters. The van der Waals surface area contributed by atoms with Gasteiger partial charge in [0.05, 0.1) is 6.54 Å². The average Bonchev–Trinajstić information content (AvgIpc) is 3.63. The topological polar surface area (TPSA) is 118 Å². The lowest BCUT2D eigenvalue weighted by Gasteiger charge is -2.27. The fourth-order valence-corrected chi connectivity index (χ4v) is 5.65. The standard InChI is InChI=1S/C25H27N7O4S/c1-37-24-26-14-19-21(27-24)30-10-3-7-18(30)15-31(23(19)34)17-6-2-5-16(13-17)22-28-32(25(35)36-22)12-11-29-9-4-8-20(29)33/h2,5-6,13-14,18H,3-4,7-12,15H2,1H3. The number of amides is 2. The van der Waals surface area contributed by atoms with Crippen molar-refractivity contribution in [1.82, 2.24) is 24.6 Å². The minimum absolute atomic E-state index is 0.101. The van der Waals surface area contributed by atoms with Crippen LogP contribution in [0.4, 0.5) is 11.5 Å². The number of carbonyl (C=O) groups excluding carboxylic acids is 2. The normalized spacial score (nSPS) is 19.4. The summed E-state index contributed by atoms with van der Waals surface area (Å²) in [7, 11) is 0. The maximum atomic E-state index is 13.7. The van der Waals surface area contributed by atoms with E-state index in [2.05, 4.69) is 20.0 Å². The van der Waals surface area contributed by atoms with Gasteiger partial charge < -0.3 is 19.1 Å². The zero-order valence-electron chi connectivity index (χ0n) is 20.5. The zero-order chi connectivity index (χ0) is 25.5. The first-order chi connectivity index (χ1) is 18.0. The van der Waals surface area contributed by atoms with Crippen molar-refractivity contribution in [2.24, 2.45) is 0 Å². The van der Waals surface area contributed by atoms with Crippen LogP contribution in [-0.2, 0) is 11.3 Å². The van der Waals surface area contributed by atoms with Crippen molar-refractivity contribution in [1.29, 1.82) is 0 Å². The van der Waals surface area contributed by atoms with E-state index < -0.39 is 5.76 Å². The summed E-state index contributed by atoms with van der Waals surface area (Å²) in [5.41, 5.74) is 1.77. The molecule has 2 fully saturated rings. The van der Waals surface area contributed by atoms with E-state index in [1.54, 1.807) is 22.1 Å². The Morgan fingerprint density at radius 3 is 2.84 bits per heavy atom. The predicted molar refractivity (Wildman–Crippen MR) is 138 cm³/mol. The maximum absolute atomic E-state index is 13.7. The lowest BCUT2D eigenvalue weighted by molar-refractivity contribution is -0.127. The van der Waals surface area contributed by atoms with Crippen molar-refractivity contribution in [3.8, 4) is 11.5 Å². The number of fused-ring (bicyclic) bond motifs is 3. The smallest absolute Gasteiger partial charge is 0.388 e. The predicted octanol–water partition coefficient (Wildman–Crippen LogP) is 2.27. The molecular formula is C25H27N7O4S. The van der Waals surface area contributed by atoms with E-state index in [1.807, 2.05) is 24.5 Å². The Hall–Kier alpha value is -3.67. The van der Waals surface area contributed by atoms with Gasteiger partial charge in [-0.1, -0.05) is 17.8 Å².